The molecule has 19 heavy (non-hydrogen) atoms. The smallest absolute Gasteiger partial charge is 0.0462 e. The third-order valence-electron chi connectivity index (χ3n) is 4.06. The highest BCUT2D eigenvalue weighted by Gasteiger charge is 2.15. The fourth-order valence-electron chi connectivity index (χ4n) is 2.97. The number of H-pyrrole nitrogens is 1. The SMILES string of the molecule is Cc1[nH]c2ccc(C(C)C)cc2c1C1=CCNCC1. The summed E-state index contributed by atoms with van der Waals surface area (Å²) in [5.74, 6) is 0.578. The number of fused-ring (bicyclic) bond motifs is 1. The number of hydrogen-bond donors (Lipinski definition) is 2. The predicted molar refractivity (Wildman–Crippen MR) is 82.6 cm³/mol. The number of hydrogen-bond acceptors (Lipinski definition) is 1. The van der Waals surface area contributed by atoms with Crippen LogP contribution in [0.15, 0.2) is 24.3 Å². The molecule has 2 N–H and O–H groups in total. The molecule has 2 heteroatoms. The first-order valence-corrected chi connectivity index (χ1v) is 7.19. The van der Waals surface area contributed by atoms with Gasteiger partial charge in [-0.15, -0.1) is 0 Å². The molecule has 0 saturated carbocycles. The quantitative estimate of drug-likeness (QED) is 0.833. The largest absolute Gasteiger partial charge is 0.358 e. The molecular formula is C17H22N2. The molecule has 1 aliphatic rings. The van der Waals surface area contributed by atoms with Gasteiger partial charge in [0.2, 0.25) is 0 Å². The summed E-state index contributed by atoms with van der Waals surface area (Å²) in [6.07, 6.45) is 3.46. The van der Waals surface area contributed by atoms with E-state index in [9.17, 15) is 0 Å². The highest BCUT2D eigenvalue weighted by atomic mass is 14.9. The van der Waals surface area contributed by atoms with E-state index in [-0.39, 0.29) is 0 Å². The molecular weight excluding hydrogens is 232 g/mol. The molecule has 2 heterocycles. The monoisotopic (exact) mass is 254 g/mol. The van der Waals surface area contributed by atoms with Gasteiger partial charge in [-0.2, -0.15) is 0 Å². The number of rotatable bonds is 2. The van der Waals surface area contributed by atoms with Gasteiger partial charge in [0.1, 0.15) is 0 Å². The van der Waals surface area contributed by atoms with Crippen LogP contribution < -0.4 is 5.32 Å². The molecule has 3 rings (SSSR count). The van der Waals surface area contributed by atoms with E-state index in [1.165, 1.54) is 33.3 Å². The second-order valence-corrected chi connectivity index (χ2v) is 5.77. The van der Waals surface area contributed by atoms with Crippen LogP contribution in [0.2, 0.25) is 0 Å². The number of aryl methyl sites for hydroxylation is 1. The van der Waals surface area contributed by atoms with Crippen molar-refractivity contribution in [1.29, 1.82) is 0 Å². The molecule has 1 aromatic carbocycles. The average molecular weight is 254 g/mol. The van der Waals surface area contributed by atoms with Gasteiger partial charge >= 0.3 is 0 Å². The van der Waals surface area contributed by atoms with Gasteiger partial charge in [-0.05, 0) is 49.1 Å². The number of aromatic amines is 1. The van der Waals surface area contributed by atoms with Gasteiger partial charge in [-0.25, -0.2) is 0 Å². The Morgan fingerprint density at radius 2 is 2.05 bits per heavy atom. The topological polar surface area (TPSA) is 27.8 Å². The van der Waals surface area contributed by atoms with Crippen molar-refractivity contribution in [3.63, 3.8) is 0 Å². The lowest BCUT2D eigenvalue weighted by Crippen LogP contribution is -2.20. The summed E-state index contributed by atoms with van der Waals surface area (Å²) in [6, 6.07) is 6.83. The summed E-state index contributed by atoms with van der Waals surface area (Å²) >= 11 is 0. The van der Waals surface area contributed by atoms with Crippen molar-refractivity contribution >= 4 is 16.5 Å². The Morgan fingerprint density at radius 1 is 1.21 bits per heavy atom. The highest BCUT2D eigenvalue weighted by molar-refractivity contribution is 5.95. The standard InChI is InChI=1S/C17H22N2/c1-11(2)14-4-5-16-15(10-14)17(12(3)19-16)13-6-8-18-9-7-13/h4-6,10-11,18-19H,7-9H2,1-3H3. The van der Waals surface area contributed by atoms with Crippen LogP contribution in [-0.2, 0) is 0 Å². The molecule has 1 aromatic heterocycles. The zero-order chi connectivity index (χ0) is 13.4. The van der Waals surface area contributed by atoms with Crippen molar-refractivity contribution in [3.05, 3.63) is 41.1 Å². The van der Waals surface area contributed by atoms with E-state index < -0.39 is 0 Å². The van der Waals surface area contributed by atoms with Crippen molar-refractivity contribution in [3.8, 4) is 0 Å². The second kappa shape index (κ2) is 4.86. The van der Waals surface area contributed by atoms with Crippen LogP contribution >= 0.6 is 0 Å². The van der Waals surface area contributed by atoms with Gasteiger partial charge in [0.15, 0.2) is 0 Å². The van der Waals surface area contributed by atoms with Crippen LogP contribution in [0.5, 0.6) is 0 Å². The van der Waals surface area contributed by atoms with E-state index in [1.54, 1.807) is 0 Å². The lowest BCUT2D eigenvalue weighted by Gasteiger charge is -2.15. The third kappa shape index (κ3) is 2.21. The normalized spacial score (nSPS) is 16.1. The van der Waals surface area contributed by atoms with Crippen molar-refractivity contribution < 1.29 is 0 Å². The first kappa shape index (κ1) is 12.5. The lowest BCUT2D eigenvalue weighted by molar-refractivity contribution is 0.738. The maximum Gasteiger partial charge on any atom is 0.0462 e. The molecule has 0 atom stereocenters. The van der Waals surface area contributed by atoms with Crippen LogP contribution in [0.3, 0.4) is 0 Å². The van der Waals surface area contributed by atoms with Crippen LogP contribution in [0.1, 0.15) is 43.0 Å². The fraction of sp³-hybridized carbons (Fsp3) is 0.412. The van der Waals surface area contributed by atoms with Crippen molar-refractivity contribution in [1.82, 2.24) is 10.3 Å². The zero-order valence-corrected chi connectivity index (χ0v) is 12.0. The van der Waals surface area contributed by atoms with Crippen LogP contribution in [0, 0.1) is 6.92 Å². The average Bonchev–Trinajstić information content (AvgIpc) is 2.74. The first-order chi connectivity index (χ1) is 9.16. The maximum absolute atomic E-state index is 3.53. The van der Waals surface area contributed by atoms with E-state index >= 15 is 0 Å². The third-order valence-corrected chi connectivity index (χ3v) is 4.06. The molecule has 2 aromatic rings. The molecule has 0 spiro atoms. The molecule has 0 saturated heterocycles. The Balaban J connectivity index is 2.19. The minimum Gasteiger partial charge on any atom is -0.358 e. The van der Waals surface area contributed by atoms with E-state index in [0.717, 1.165) is 19.5 Å². The lowest BCUT2D eigenvalue weighted by atomic mass is 9.94. The summed E-state index contributed by atoms with van der Waals surface area (Å²) in [6.45, 7) is 8.77. The number of benzene rings is 1. The molecule has 0 amide bonds. The van der Waals surface area contributed by atoms with E-state index in [0.29, 0.717) is 5.92 Å². The Bertz CT molecular complexity index is 632. The number of nitrogens with one attached hydrogen (secondary N) is 2. The summed E-state index contributed by atoms with van der Waals surface area (Å²) in [4.78, 5) is 3.53. The van der Waals surface area contributed by atoms with Gasteiger partial charge < -0.3 is 10.3 Å². The second-order valence-electron chi connectivity index (χ2n) is 5.77. The van der Waals surface area contributed by atoms with Crippen molar-refractivity contribution in [2.24, 2.45) is 0 Å². The summed E-state index contributed by atoms with van der Waals surface area (Å²) in [5.41, 5.74) is 6.89. The Morgan fingerprint density at radius 3 is 2.74 bits per heavy atom. The Kier molecular flexibility index (Phi) is 3.19. The molecule has 0 aliphatic carbocycles. The molecule has 0 bridgehead atoms. The van der Waals surface area contributed by atoms with E-state index in [4.69, 9.17) is 0 Å². The molecule has 1 aliphatic heterocycles. The first-order valence-electron chi connectivity index (χ1n) is 7.19. The van der Waals surface area contributed by atoms with Gasteiger partial charge in [0, 0.05) is 28.7 Å². The number of aromatic nitrogens is 1. The predicted octanol–water partition coefficient (Wildman–Crippen LogP) is 3.98. The summed E-state index contributed by atoms with van der Waals surface area (Å²) < 4.78 is 0. The molecule has 100 valence electrons. The van der Waals surface area contributed by atoms with Crippen LogP contribution in [0.25, 0.3) is 16.5 Å². The van der Waals surface area contributed by atoms with Gasteiger partial charge in [0.25, 0.3) is 0 Å². The van der Waals surface area contributed by atoms with Crippen LogP contribution in [-0.4, -0.2) is 18.1 Å². The highest BCUT2D eigenvalue weighted by Crippen LogP contribution is 2.32. The molecule has 0 unspecified atom stereocenters. The van der Waals surface area contributed by atoms with Crippen LogP contribution in [0.4, 0.5) is 0 Å². The molecule has 0 fully saturated rings. The van der Waals surface area contributed by atoms with Crippen molar-refractivity contribution in [2.45, 2.75) is 33.1 Å². The molecule has 2 nitrogen and oxygen atoms in total. The minimum atomic E-state index is 0.578. The Labute approximate surface area is 114 Å². The van der Waals surface area contributed by atoms with E-state index in [2.05, 4.69) is 55.3 Å². The molecule has 0 radical (unpaired) electrons. The fourth-order valence-corrected chi connectivity index (χ4v) is 2.97. The Hall–Kier alpha value is -1.54. The maximum atomic E-state index is 3.53. The van der Waals surface area contributed by atoms with Gasteiger partial charge in [-0.1, -0.05) is 26.0 Å². The van der Waals surface area contributed by atoms with E-state index in [1.807, 2.05) is 0 Å². The van der Waals surface area contributed by atoms with Gasteiger partial charge in [-0.3, -0.25) is 0 Å². The summed E-state index contributed by atoms with van der Waals surface area (Å²) in [5, 5.41) is 4.77. The van der Waals surface area contributed by atoms with Crippen molar-refractivity contribution in [2.75, 3.05) is 13.1 Å². The van der Waals surface area contributed by atoms with Gasteiger partial charge in [0.05, 0.1) is 0 Å². The summed E-state index contributed by atoms with van der Waals surface area (Å²) in [7, 11) is 0. The minimum absolute atomic E-state index is 0.578. The zero-order valence-electron chi connectivity index (χ0n) is 12.0.